The van der Waals surface area contributed by atoms with Crippen LogP contribution in [0.2, 0.25) is 0 Å². The second-order valence-electron chi connectivity index (χ2n) is 4.01. The van der Waals surface area contributed by atoms with E-state index in [9.17, 15) is 4.79 Å². The fraction of sp³-hybridized carbons (Fsp3) is 0.250. The first kappa shape index (κ1) is 12.7. The highest BCUT2D eigenvalue weighted by Gasteiger charge is 2.24. The minimum absolute atomic E-state index is 0.0990. The van der Waals surface area contributed by atoms with Crippen LogP contribution in [0, 0.1) is 0 Å². The Hall–Kier alpha value is -1.32. The fourth-order valence-electron chi connectivity index (χ4n) is 1.40. The number of esters is 1. The number of carbonyl (C=O) groups excluding carboxylic acids is 1. The first-order valence-corrected chi connectivity index (χ1v) is 5.23. The molecular formula is C12H15ClNO2+. The van der Waals surface area contributed by atoms with Crippen LogP contribution in [-0.2, 0) is 9.53 Å². The molecule has 0 amide bonds. The van der Waals surface area contributed by atoms with E-state index >= 15 is 0 Å². The van der Waals surface area contributed by atoms with E-state index in [2.05, 4.69) is 6.58 Å². The van der Waals surface area contributed by atoms with Crippen molar-refractivity contribution in [2.45, 2.75) is 0 Å². The van der Waals surface area contributed by atoms with Gasteiger partial charge in [0.1, 0.15) is 5.69 Å². The average molecular weight is 241 g/mol. The summed E-state index contributed by atoms with van der Waals surface area (Å²) in [7, 11) is 3.85. The molecule has 0 radical (unpaired) electrons. The zero-order chi connectivity index (χ0) is 12.2. The number of halogens is 1. The van der Waals surface area contributed by atoms with Gasteiger partial charge in [-0.1, -0.05) is 18.2 Å². The van der Waals surface area contributed by atoms with Crippen LogP contribution in [0.1, 0.15) is 0 Å². The van der Waals surface area contributed by atoms with E-state index in [0.717, 1.165) is 5.69 Å². The lowest BCUT2D eigenvalue weighted by Gasteiger charge is -2.27. The molecule has 0 heterocycles. The zero-order valence-corrected chi connectivity index (χ0v) is 10.2. The molecule has 3 nitrogen and oxygen atoms in total. The van der Waals surface area contributed by atoms with Gasteiger partial charge in [-0.2, -0.15) is 0 Å². The maximum absolute atomic E-state index is 11.5. The SMILES string of the molecule is C=C(Cl)OC(=O)C[N+](C)(C)c1ccccc1. The number of quaternary nitrogens is 1. The van der Waals surface area contributed by atoms with E-state index < -0.39 is 5.97 Å². The van der Waals surface area contributed by atoms with Gasteiger partial charge in [0, 0.05) is 0 Å². The highest BCUT2D eigenvalue weighted by Crippen LogP contribution is 2.18. The normalized spacial score (nSPS) is 10.9. The van der Waals surface area contributed by atoms with Gasteiger partial charge in [0.2, 0.25) is 0 Å². The first-order valence-electron chi connectivity index (χ1n) is 4.85. The Kier molecular flexibility index (Phi) is 4.10. The maximum Gasteiger partial charge on any atom is 0.368 e. The minimum Gasteiger partial charge on any atom is -0.411 e. The predicted octanol–water partition coefficient (Wildman–Crippen LogP) is 2.51. The van der Waals surface area contributed by atoms with Gasteiger partial charge >= 0.3 is 5.97 Å². The second-order valence-corrected chi connectivity index (χ2v) is 4.43. The topological polar surface area (TPSA) is 26.3 Å². The minimum atomic E-state index is -0.395. The predicted molar refractivity (Wildman–Crippen MR) is 66.0 cm³/mol. The Balaban J connectivity index is 2.72. The Morgan fingerprint density at radius 1 is 1.38 bits per heavy atom. The van der Waals surface area contributed by atoms with Crippen molar-refractivity contribution < 1.29 is 9.53 Å². The van der Waals surface area contributed by atoms with Gasteiger partial charge in [0.25, 0.3) is 0 Å². The highest BCUT2D eigenvalue weighted by molar-refractivity contribution is 6.28. The van der Waals surface area contributed by atoms with Crippen molar-refractivity contribution in [3.05, 3.63) is 42.1 Å². The molecule has 1 aromatic rings. The smallest absolute Gasteiger partial charge is 0.368 e. The Morgan fingerprint density at radius 2 is 1.94 bits per heavy atom. The molecule has 0 aliphatic carbocycles. The lowest BCUT2D eigenvalue weighted by atomic mass is 10.2. The molecule has 4 heteroatoms. The highest BCUT2D eigenvalue weighted by atomic mass is 35.5. The largest absolute Gasteiger partial charge is 0.411 e. The maximum atomic E-state index is 11.5. The fourth-order valence-corrected chi connectivity index (χ4v) is 1.49. The van der Waals surface area contributed by atoms with Gasteiger partial charge in [-0.15, -0.1) is 0 Å². The molecule has 16 heavy (non-hydrogen) atoms. The third-order valence-electron chi connectivity index (χ3n) is 2.20. The molecule has 0 aliphatic heterocycles. The molecule has 0 saturated heterocycles. The number of rotatable bonds is 4. The molecular weight excluding hydrogens is 226 g/mol. The van der Waals surface area contributed by atoms with E-state index in [4.69, 9.17) is 16.3 Å². The molecule has 0 spiro atoms. The molecule has 0 bridgehead atoms. The number of carbonyl (C=O) groups is 1. The second kappa shape index (κ2) is 5.14. The molecule has 0 N–H and O–H groups in total. The Morgan fingerprint density at radius 3 is 2.44 bits per heavy atom. The molecule has 0 aromatic heterocycles. The molecule has 0 atom stereocenters. The summed E-state index contributed by atoms with van der Waals surface area (Å²) in [6.45, 7) is 3.52. The first-order chi connectivity index (χ1) is 7.42. The van der Waals surface area contributed by atoms with Crippen molar-refractivity contribution in [1.82, 2.24) is 4.48 Å². The van der Waals surface area contributed by atoms with Crippen LogP contribution in [0.5, 0.6) is 0 Å². The quantitative estimate of drug-likeness (QED) is 0.459. The van der Waals surface area contributed by atoms with E-state index in [-0.39, 0.29) is 11.8 Å². The number of hydrogen-bond acceptors (Lipinski definition) is 2. The molecule has 0 saturated carbocycles. The third kappa shape index (κ3) is 3.68. The van der Waals surface area contributed by atoms with Crippen LogP contribution in [-0.4, -0.2) is 26.6 Å². The van der Waals surface area contributed by atoms with Gasteiger partial charge < -0.3 is 4.74 Å². The number of hydrogen-bond donors (Lipinski definition) is 0. The van der Waals surface area contributed by atoms with Gasteiger partial charge in [0.15, 0.2) is 11.8 Å². The zero-order valence-electron chi connectivity index (χ0n) is 9.44. The van der Waals surface area contributed by atoms with E-state index in [1.165, 1.54) is 0 Å². The van der Waals surface area contributed by atoms with Crippen molar-refractivity contribution in [3.63, 3.8) is 0 Å². The summed E-state index contributed by atoms with van der Waals surface area (Å²) < 4.78 is 5.13. The van der Waals surface area contributed by atoms with Crippen LogP contribution in [0.3, 0.4) is 0 Å². The summed E-state index contributed by atoms with van der Waals surface area (Å²) in [6, 6.07) is 9.72. The summed E-state index contributed by atoms with van der Waals surface area (Å²) >= 11 is 5.40. The number of ether oxygens (including phenoxy) is 1. The van der Waals surface area contributed by atoms with Crippen LogP contribution in [0.15, 0.2) is 42.1 Å². The summed E-state index contributed by atoms with van der Waals surface area (Å²) in [5.41, 5.74) is 1.03. The van der Waals surface area contributed by atoms with E-state index in [0.29, 0.717) is 4.48 Å². The lowest BCUT2D eigenvalue weighted by Crippen LogP contribution is -2.45. The summed E-state index contributed by atoms with van der Waals surface area (Å²) in [4.78, 5) is 11.5. The van der Waals surface area contributed by atoms with Crippen molar-refractivity contribution in [2.24, 2.45) is 0 Å². The molecule has 0 unspecified atom stereocenters. The third-order valence-corrected chi connectivity index (χ3v) is 2.28. The summed E-state index contributed by atoms with van der Waals surface area (Å²) in [5, 5.41) is -0.0990. The van der Waals surface area contributed by atoms with Gasteiger partial charge in [-0.05, 0) is 30.3 Å². The number of nitrogens with zero attached hydrogens (tertiary/aromatic N) is 1. The van der Waals surface area contributed by atoms with Gasteiger partial charge in [-0.3, -0.25) is 4.48 Å². The number of benzene rings is 1. The van der Waals surface area contributed by atoms with Crippen LogP contribution < -0.4 is 4.48 Å². The van der Waals surface area contributed by atoms with Crippen LogP contribution in [0.25, 0.3) is 0 Å². The molecule has 1 rings (SSSR count). The standard InChI is InChI=1S/C12H15ClNO2/c1-10(13)16-12(15)9-14(2,3)11-7-5-4-6-8-11/h4-8H,1,9H2,2-3H3/q+1. The monoisotopic (exact) mass is 240 g/mol. The lowest BCUT2D eigenvalue weighted by molar-refractivity contribution is -0.138. The molecule has 0 fully saturated rings. The average Bonchev–Trinajstić information content (AvgIpc) is 2.16. The van der Waals surface area contributed by atoms with Crippen molar-refractivity contribution in [1.29, 1.82) is 0 Å². The number of likely N-dealkylation sites (N-methyl/N-ethyl adjacent to an activating group) is 1. The van der Waals surface area contributed by atoms with Crippen molar-refractivity contribution >= 4 is 23.3 Å². The summed E-state index contributed by atoms with van der Waals surface area (Å²) in [5.74, 6) is -0.395. The molecule has 1 aromatic carbocycles. The number of para-hydroxylation sites is 1. The van der Waals surface area contributed by atoms with Crippen LogP contribution in [0.4, 0.5) is 5.69 Å². The van der Waals surface area contributed by atoms with E-state index in [1.54, 1.807) is 0 Å². The van der Waals surface area contributed by atoms with Gasteiger partial charge in [-0.25, -0.2) is 4.79 Å². The van der Waals surface area contributed by atoms with Crippen molar-refractivity contribution in [2.75, 3.05) is 20.6 Å². The Labute approximate surface area is 100 Å². The molecule has 86 valence electrons. The van der Waals surface area contributed by atoms with Gasteiger partial charge in [0.05, 0.1) is 14.1 Å². The Bertz CT molecular complexity index is 387. The molecule has 0 aliphatic rings. The van der Waals surface area contributed by atoms with Crippen LogP contribution >= 0.6 is 11.6 Å². The van der Waals surface area contributed by atoms with Crippen molar-refractivity contribution in [3.8, 4) is 0 Å². The summed E-state index contributed by atoms with van der Waals surface area (Å²) in [6.07, 6.45) is 0. The van der Waals surface area contributed by atoms with E-state index in [1.807, 2.05) is 44.4 Å².